The van der Waals surface area contributed by atoms with E-state index in [2.05, 4.69) is 4.90 Å². The maximum Gasteiger partial charge on any atom is 0.332 e. The molecule has 3 aromatic carbocycles. The van der Waals surface area contributed by atoms with Crippen LogP contribution in [0.3, 0.4) is 0 Å². The number of carboxylic acid groups (broad SMARTS) is 1. The molecule has 148 valence electrons. The molecule has 2 N–H and O–H groups in total. The highest BCUT2D eigenvalue weighted by atomic mass is 16.5. The second-order valence-corrected chi connectivity index (χ2v) is 6.74. The Kier molecular flexibility index (Phi) is 5.35. The molecule has 0 aromatic heterocycles. The third-order valence-corrected chi connectivity index (χ3v) is 4.75. The van der Waals surface area contributed by atoms with Crippen molar-refractivity contribution in [3.05, 3.63) is 78.4 Å². The molecule has 6 nitrogen and oxygen atoms in total. The van der Waals surface area contributed by atoms with E-state index in [-0.39, 0.29) is 6.42 Å². The van der Waals surface area contributed by atoms with Gasteiger partial charge in [-0.25, -0.2) is 4.79 Å². The number of carboxylic acids is 1. The molecule has 4 rings (SSSR count). The van der Waals surface area contributed by atoms with E-state index in [1.165, 1.54) is 0 Å². The summed E-state index contributed by atoms with van der Waals surface area (Å²) in [6.07, 6.45) is -1.33. The first-order valence-electron chi connectivity index (χ1n) is 9.38. The van der Waals surface area contributed by atoms with Gasteiger partial charge in [0.25, 0.3) is 0 Å². The number of aliphatic hydroxyl groups is 1. The van der Waals surface area contributed by atoms with Gasteiger partial charge < -0.3 is 24.6 Å². The number of hydrogen-bond acceptors (Lipinski definition) is 5. The molecule has 3 aromatic rings. The molecule has 0 spiro atoms. The predicted octanol–water partition coefficient (Wildman–Crippen LogP) is 4.00. The standard InChI is InChI=1S/C23H21NO5/c25-20(23(26)27)15-16-9-11-17(12-10-16)28-14-13-24-18-5-1-3-7-21(18)29-22-8-4-2-6-19(22)24/h1-12,20,25H,13-15H2,(H,26,27). The molecule has 6 heteroatoms. The fourth-order valence-corrected chi connectivity index (χ4v) is 3.31. The van der Waals surface area contributed by atoms with Crippen molar-refractivity contribution in [2.24, 2.45) is 0 Å². The van der Waals surface area contributed by atoms with Crippen molar-refractivity contribution in [1.29, 1.82) is 0 Å². The minimum absolute atomic E-state index is 0.0664. The first kappa shape index (κ1) is 18.8. The second-order valence-electron chi connectivity index (χ2n) is 6.74. The molecule has 0 fully saturated rings. The van der Waals surface area contributed by atoms with Gasteiger partial charge in [-0.3, -0.25) is 0 Å². The van der Waals surface area contributed by atoms with Crippen LogP contribution >= 0.6 is 0 Å². The van der Waals surface area contributed by atoms with Crippen LogP contribution in [0.1, 0.15) is 5.56 Å². The molecule has 0 amide bonds. The van der Waals surface area contributed by atoms with E-state index in [0.717, 1.165) is 28.4 Å². The zero-order chi connectivity index (χ0) is 20.2. The van der Waals surface area contributed by atoms with Crippen LogP contribution in [0.5, 0.6) is 17.2 Å². The van der Waals surface area contributed by atoms with Gasteiger partial charge in [-0.15, -0.1) is 0 Å². The summed E-state index contributed by atoms with van der Waals surface area (Å²) in [6, 6.07) is 22.9. The Morgan fingerprint density at radius 3 is 2.10 bits per heavy atom. The summed E-state index contributed by atoms with van der Waals surface area (Å²) in [5, 5.41) is 18.2. The largest absolute Gasteiger partial charge is 0.492 e. The number of fused-ring (bicyclic) bond motifs is 2. The Bertz CT molecular complexity index is 957. The van der Waals surface area contributed by atoms with Crippen molar-refractivity contribution >= 4 is 17.3 Å². The van der Waals surface area contributed by atoms with Crippen LogP contribution in [0, 0.1) is 0 Å². The van der Waals surface area contributed by atoms with Gasteiger partial charge in [-0.2, -0.15) is 0 Å². The molecule has 0 aliphatic carbocycles. The molecule has 0 bridgehead atoms. The lowest BCUT2D eigenvalue weighted by Gasteiger charge is -2.32. The van der Waals surface area contributed by atoms with Gasteiger partial charge in [-0.05, 0) is 42.0 Å². The zero-order valence-corrected chi connectivity index (χ0v) is 15.7. The van der Waals surface area contributed by atoms with Crippen molar-refractivity contribution in [1.82, 2.24) is 0 Å². The van der Waals surface area contributed by atoms with Gasteiger partial charge >= 0.3 is 5.97 Å². The van der Waals surface area contributed by atoms with Gasteiger partial charge in [0.05, 0.1) is 17.9 Å². The number of aliphatic hydroxyl groups excluding tert-OH is 1. The topological polar surface area (TPSA) is 79.2 Å². The average molecular weight is 391 g/mol. The van der Waals surface area contributed by atoms with Gasteiger partial charge in [-0.1, -0.05) is 36.4 Å². The number of ether oxygens (including phenoxy) is 2. The molecule has 1 heterocycles. The van der Waals surface area contributed by atoms with E-state index in [1.54, 1.807) is 24.3 Å². The van der Waals surface area contributed by atoms with E-state index in [4.69, 9.17) is 14.6 Å². The first-order valence-corrected chi connectivity index (χ1v) is 9.38. The smallest absolute Gasteiger partial charge is 0.332 e. The normalized spacial score (nSPS) is 13.1. The van der Waals surface area contributed by atoms with Gasteiger partial charge in [0, 0.05) is 6.42 Å². The molecule has 0 saturated carbocycles. The predicted molar refractivity (Wildman–Crippen MR) is 109 cm³/mol. The SMILES string of the molecule is O=C(O)C(O)Cc1ccc(OCCN2c3ccccc3Oc3ccccc32)cc1. The van der Waals surface area contributed by atoms with Crippen LogP contribution in [0.15, 0.2) is 72.8 Å². The summed E-state index contributed by atoms with van der Waals surface area (Å²) >= 11 is 0. The molecule has 0 radical (unpaired) electrons. The molecule has 29 heavy (non-hydrogen) atoms. The molecule has 1 unspecified atom stereocenters. The minimum atomic E-state index is -1.40. The summed E-state index contributed by atoms with van der Waals surface area (Å²) in [7, 11) is 0. The Morgan fingerprint density at radius 2 is 1.52 bits per heavy atom. The van der Waals surface area contributed by atoms with Gasteiger partial charge in [0.1, 0.15) is 12.4 Å². The molecular formula is C23H21NO5. The molecule has 0 saturated heterocycles. The van der Waals surface area contributed by atoms with Crippen LogP contribution in [0.4, 0.5) is 11.4 Å². The maximum absolute atomic E-state index is 10.7. The highest BCUT2D eigenvalue weighted by Crippen LogP contribution is 2.45. The lowest BCUT2D eigenvalue weighted by atomic mass is 10.1. The zero-order valence-electron chi connectivity index (χ0n) is 15.7. The number of rotatable bonds is 7. The summed E-state index contributed by atoms with van der Waals surface area (Å²) in [5.41, 5.74) is 2.73. The monoisotopic (exact) mass is 391 g/mol. The second kappa shape index (κ2) is 8.24. The summed E-state index contributed by atoms with van der Waals surface area (Å²) in [6.45, 7) is 1.09. The first-order chi connectivity index (χ1) is 14.1. The van der Waals surface area contributed by atoms with Crippen LogP contribution in [0.2, 0.25) is 0 Å². The number of anilines is 2. The summed E-state index contributed by atoms with van der Waals surface area (Å²) in [5.74, 6) is 1.09. The van der Waals surface area contributed by atoms with Crippen molar-refractivity contribution < 1.29 is 24.5 Å². The Labute approximate surface area is 168 Å². The highest BCUT2D eigenvalue weighted by molar-refractivity contribution is 5.77. The van der Waals surface area contributed by atoms with E-state index < -0.39 is 12.1 Å². The number of para-hydroxylation sites is 4. The number of benzene rings is 3. The van der Waals surface area contributed by atoms with Gasteiger partial charge in [0.15, 0.2) is 17.6 Å². The lowest BCUT2D eigenvalue weighted by Crippen LogP contribution is -2.26. The van der Waals surface area contributed by atoms with E-state index >= 15 is 0 Å². The van der Waals surface area contributed by atoms with Crippen LogP contribution in [-0.4, -0.2) is 35.4 Å². The van der Waals surface area contributed by atoms with Crippen LogP contribution < -0.4 is 14.4 Å². The van der Waals surface area contributed by atoms with E-state index in [9.17, 15) is 9.90 Å². The summed E-state index contributed by atoms with van der Waals surface area (Å²) in [4.78, 5) is 12.9. The molecule has 1 atom stereocenters. The molecule has 1 aliphatic heterocycles. The number of nitrogens with zero attached hydrogens (tertiary/aromatic N) is 1. The van der Waals surface area contributed by atoms with E-state index in [1.807, 2.05) is 48.5 Å². The maximum atomic E-state index is 10.7. The Morgan fingerprint density at radius 1 is 0.931 bits per heavy atom. The third-order valence-electron chi connectivity index (χ3n) is 4.75. The lowest BCUT2D eigenvalue weighted by molar-refractivity contribution is -0.146. The van der Waals surface area contributed by atoms with Crippen molar-refractivity contribution in [3.63, 3.8) is 0 Å². The van der Waals surface area contributed by atoms with Crippen molar-refractivity contribution in [3.8, 4) is 17.2 Å². The number of hydrogen-bond donors (Lipinski definition) is 2. The van der Waals surface area contributed by atoms with Crippen molar-refractivity contribution in [2.75, 3.05) is 18.1 Å². The van der Waals surface area contributed by atoms with Crippen LogP contribution in [-0.2, 0) is 11.2 Å². The van der Waals surface area contributed by atoms with E-state index in [0.29, 0.717) is 18.9 Å². The molecular weight excluding hydrogens is 370 g/mol. The number of aliphatic carboxylic acids is 1. The Balaban J connectivity index is 1.42. The summed E-state index contributed by atoms with van der Waals surface area (Å²) < 4.78 is 11.9. The fourth-order valence-electron chi connectivity index (χ4n) is 3.31. The fraction of sp³-hybridized carbons (Fsp3) is 0.174. The molecule has 1 aliphatic rings. The minimum Gasteiger partial charge on any atom is -0.492 e. The van der Waals surface area contributed by atoms with Crippen molar-refractivity contribution in [2.45, 2.75) is 12.5 Å². The average Bonchev–Trinajstić information content (AvgIpc) is 2.74. The Hall–Kier alpha value is -3.51. The number of carbonyl (C=O) groups is 1. The van der Waals surface area contributed by atoms with Crippen LogP contribution in [0.25, 0.3) is 0 Å². The van der Waals surface area contributed by atoms with Gasteiger partial charge in [0.2, 0.25) is 0 Å². The quantitative estimate of drug-likeness (QED) is 0.634. The highest BCUT2D eigenvalue weighted by Gasteiger charge is 2.23. The third kappa shape index (κ3) is 4.17.